The van der Waals surface area contributed by atoms with Crippen molar-refractivity contribution in [2.45, 2.75) is 71.1 Å². The smallest absolute Gasteiger partial charge is 0.345 e. The van der Waals surface area contributed by atoms with Gasteiger partial charge in [0.05, 0.1) is 16.8 Å². The summed E-state index contributed by atoms with van der Waals surface area (Å²) in [6.07, 6.45) is 12.8. The molecular weight excluding hydrogens is 504 g/mol. The molecule has 1 N–H and O–H groups in total. The Balaban J connectivity index is 1.78. The second kappa shape index (κ2) is 15.6. The lowest BCUT2D eigenvalue weighted by Crippen LogP contribution is -2.17. The molecule has 0 aliphatic rings. The average Bonchev–Trinajstić information content (AvgIpc) is 2.80. The monoisotopic (exact) mass is 534 g/mol. The molecule has 1 amide bonds. The summed E-state index contributed by atoms with van der Waals surface area (Å²) in [5, 5.41) is 4.35. The van der Waals surface area contributed by atoms with Gasteiger partial charge in [0.1, 0.15) is 5.75 Å². The molecule has 0 aromatic heterocycles. The number of nitrogens with zero attached hydrogens (tertiary/aromatic N) is 1. The number of hydrogen-bond donors (Lipinski definition) is 1. The van der Waals surface area contributed by atoms with E-state index in [0.29, 0.717) is 22.8 Å². The van der Waals surface area contributed by atoms with Crippen LogP contribution in [0.1, 0.15) is 87.1 Å². The van der Waals surface area contributed by atoms with Crippen LogP contribution in [-0.4, -0.2) is 18.1 Å². The minimum atomic E-state index is -0.563. The van der Waals surface area contributed by atoms with E-state index in [0.717, 1.165) is 17.3 Å². The van der Waals surface area contributed by atoms with Crippen LogP contribution >= 0.6 is 27.5 Å². The maximum Gasteiger partial charge on any atom is 0.345 e. The molecule has 0 aliphatic heterocycles. The van der Waals surface area contributed by atoms with Gasteiger partial charge in [0.25, 0.3) is 0 Å². The van der Waals surface area contributed by atoms with Crippen LogP contribution in [0.2, 0.25) is 5.02 Å². The van der Waals surface area contributed by atoms with Crippen LogP contribution in [0.4, 0.5) is 0 Å². The maximum absolute atomic E-state index is 12.5. The third-order valence-corrected chi connectivity index (χ3v) is 5.99. The minimum Gasteiger partial charge on any atom is -0.422 e. The van der Waals surface area contributed by atoms with E-state index in [1.54, 1.807) is 42.5 Å². The van der Waals surface area contributed by atoms with Crippen molar-refractivity contribution in [3.63, 3.8) is 0 Å². The molecule has 5 nitrogen and oxygen atoms in total. The molecule has 7 heteroatoms. The predicted molar refractivity (Wildman–Crippen MR) is 138 cm³/mol. The summed E-state index contributed by atoms with van der Waals surface area (Å²) in [4.78, 5) is 24.5. The highest BCUT2D eigenvalue weighted by molar-refractivity contribution is 9.10. The summed E-state index contributed by atoms with van der Waals surface area (Å²) >= 11 is 9.48. The number of ether oxygens (including phenoxy) is 1. The Bertz CT molecular complexity index is 934. The van der Waals surface area contributed by atoms with Gasteiger partial charge in [-0.05, 0) is 36.8 Å². The summed E-state index contributed by atoms with van der Waals surface area (Å²) in [6, 6.07) is 11.9. The summed E-state index contributed by atoms with van der Waals surface area (Å²) in [5.74, 6) is -0.370. The molecule has 2 aromatic carbocycles. The zero-order valence-electron chi connectivity index (χ0n) is 19.1. The Morgan fingerprint density at radius 3 is 2.36 bits per heavy atom. The Labute approximate surface area is 210 Å². The van der Waals surface area contributed by atoms with Gasteiger partial charge in [-0.3, -0.25) is 4.79 Å². The standard InChI is InChI=1S/C26H32BrClN2O3/c1-2-3-4-5-6-7-8-9-10-15-25(31)30-29-19-20-18-21(27)16-17-24(20)33-26(32)22-13-11-12-14-23(22)28/h11-14,16-19H,2-10,15H2,1H3,(H,30,31)/b29-19+. The van der Waals surface area contributed by atoms with Crippen molar-refractivity contribution in [2.24, 2.45) is 5.10 Å². The quantitative estimate of drug-likeness (QED) is 0.0886. The Morgan fingerprint density at radius 1 is 1.00 bits per heavy atom. The van der Waals surface area contributed by atoms with E-state index in [1.807, 2.05) is 0 Å². The van der Waals surface area contributed by atoms with Crippen LogP contribution in [0.5, 0.6) is 5.75 Å². The number of unbranched alkanes of at least 4 members (excludes halogenated alkanes) is 8. The number of benzene rings is 2. The van der Waals surface area contributed by atoms with Crippen molar-refractivity contribution in [3.05, 3.63) is 63.1 Å². The molecule has 0 radical (unpaired) electrons. The van der Waals surface area contributed by atoms with Crippen LogP contribution in [0, 0.1) is 0 Å². The molecule has 0 unspecified atom stereocenters. The first-order valence-electron chi connectivity index (χ1n) is 11.6. The molecule has 0 heterocycles. The highest BCUT2D eigenvalue weighted by Gasteiger charge is 2.14. The van der Waals surface area contributed by atoms with Gasteiger partial charge in [0.2, 0.25) is 5.91 Å². The van der Waals surface area contributed by atoms with Gasteiger partial charge >= 0.3 is 5.97 Å². The molecule has 0 atom stereocenters. The van der Waals surface area contributed by atoms with E-state index in [4.69, 9.17) is 16.3 Å². The van der Waals surface area contributed by atoms with Crippen molar-refractivity contribution in [3.8, 4) is 5.75 Å². The number of carbonyl (C=O) groups is 2. The molecule has 0 saturated heterocycles. The highest BCUT2D eigenvalue weighted by Crippen LogP contribution is 2.24. The molecule has 0 saturated carbocycles. The fourth-order valence-electron chi connectivity index (χ4n) is 3.32. The summed E-state index contributed by atoms with van der Waals surface area (Å²) in [7, 11) is 0. The van der Waals surface area contributed by atoms with E-state index in [2.05, 4.69) is 33.4 Å². The van der Waals surface area contributed by atoms with Gasteiger partial charge in [-0.2, -0.15) is 5.10 Å². The average molecular weight is 536 g/mol. The van der Waals surface area contributed by atoms with Crippen LogP contribution in [-0.2, 0) is 4.79 Å². The van der Waals surface area contributed by atoms with Gasteiger partial charge in [-0.15, -0.1) is 0 Å². The summed E-state index contributed by atoms with van der Waals surface area (Å²) < 4.78 is 6.30. The fourth-order valence-corrected chi connectivity index (χ4v) is 3.91. The number of hydrogen-bond acceptors (Lipinski definition) is 4. The summed E-state index contributed by atoms with van der Waals surface area (Å²) in [6.45, 7) is 2.23. The zero-order chi connectivity index (χ0) is 23.9. The lowest BCUT2D eigenvalue weighted by molar-refractivity contribution is -0.121. The maximum atomic E-state index is 12.5. The number of amides is 1. The molecule has 0 aliphatic carbocycles. The van der Waals surface area contributed by atoms with E-state index in [-0.39, 0.29) is 11.5 Å². The van der Waals surface area contributed by atoms with Crippen molar-refractivity contribution >= 4 is 45.6 Å². The molecule has 178 valence electrons. The number of rotatable bonds is 14. The van der Waals surface area contributed by atoms with Gasteiger partial charge in [-0.25, -0.2) is 10.2 Å². The lowest BCUT2D eigenvalue weighted by atomic mass is 10.1. The molecule has 0 spiro atoms. The van der Waals surface area contributed by atoms with Crippen LogP contribution in [0.25, 0.3) is 0 Å². The van der Waals surface area contributed by atoms with Crippen molar-refractivity contribution in [1.82, 2.24) is 5.43 Å². The number of hydrazone groups is 1. The highest BCUT2D eigenvalue weighted by atomic mass is 79.9. The van der Waals surface area contributed by atoms with Gasteiger partial charge in [0, 0.05) is 16.5 Å². The second-order valence-electron chi connectivity index (χ2n) is 7.92. The third kappa shape index (κ3) is 10.5. The molecule has 2 aromatic rings. The normalized spacial score (nSPS) is 11.0. The molecule has 0 bridgehead atoms. The van der Waals surface area contributed by atoms with Gasteiger partial charge in [-0.1, -0.05) is 98.0 Å². The van der Waals surface area contributed by atoms with Gasteiger partial charge in [0.15, 0.2) is 0 Å². The van der Waals surface area contributed by atoms with Crippen LogP contribution in [0.3, 0.4) is 0 Å². The van der Waals surface area contributed by atoms with E-state index < -0.39 is 5.97 Å². The fraction of sp³-hybridized carbons (Fsp3) is 0.423. The van der Waals surface area contributed by atoms with E-state index >= 15 is 0 Å². The van der Waals surface area contributed by atoms with Crippen molar-refractivity contribution in [2.75, 3.05) is 0 Å². The Morgan fingerprint density at radius 2 is 1.67 bits per heavy atom. The molecule has 0 fully saturated rings. The largest absolute Gasteiger partial charge is 0.422 e. The first-order chi connectivity index (χ1) is 16.0. The lowest BCUT2D eigenvalue weighted by Gasteiger charge is -2.09. The van der Waals surface area contributed by atoms with Crippen LogP contribution in [0.15, 0.2) is 52.0 Å². The number of carbonyl (C=O) groups excluding carboxylic acids is 2. The first kappa shape index (κ1) is 27.1. The predicted octanol–water partition coefficient (Wildman–Crippen LogP) is 7.69. The topological polar surface area (TPSA) is 67.8 Å². The van der Waals surface area contributed by atoms with E-state index in [1.165, 1.54) is 51.2 Å². The third-order valence-electron chi connectivity index (χ3n) is 5.17. The SMILES string of the molecule is CCCCCCCCCCCC(=O)N/N=C/c1cc(Br)ccc1OC(=O)c1ccccc1Cl. The number of nitrogens with one attached hydrogen (secondary N) is 1. The van der Waals surface area contributed by atoms with Crippen molar-refractivity contribution in [1.29, 1.82) is 0 Å². The first-order valence-corrected chi connectivity index (χ1v) is 12.8. The second-order valence-corrected chi connectivity index (χ2v) is 9.25. The molecule has 33 heavy (non-hydrogen) atoms. The minimum absolute atomic E-state index is 0.126. The number of halogens is 2. The van der Waals surface area contributed by atoms with Crippen molar-refractivity contribution < 1.29 is 14.3 Å². The number of esters is 1. The van der Waals surface area contributed by atoms with E-state index in [9.17, 15) is 9.59 Å². The van der Waals surface area contributed by atoms with Gasteiger partial charge < -0.3 is 4.74 Å². The van der Waals surface area contributed by atoms with Crippen LogP contribution < -0.4 is 10.2 Å². The molecule has 2 rings (SSSR count). The Kier molecular flexibility index (Phi) is 12.8. The summed E-state index contributed by atoms with van der Waals surface area (Å²) in [5.41, 5.74) is 3.38. The zero-order valence-corrected chi connectivity index (χ0v) is 21.5. The molecular formula is C26H32BrClN2O3. The Hall–Kier alpha value is -2.18.